The number of halogens is 1. The van der Waals surface area contributed by atoms with E-state index >= 15 is 0 Å². The summed E-state index contributed by atoms with van der Waals surface area (Å²) in [5.74, 6) is -0.151. The maximum Gasteiger partial charge on any atom is 0.123 e. The van der Waals surface area contributed by atoms with Gasteiger partial charge in [-0.05, 0) is 54.6 Å². The second-order valence-electron chi connectivity index (χ2n) is 5.52. The van der Waals surface area contributed by atoms with Crippen molar-refractivity contribution in [2.75, 3.05) is 13.1 Å². The molecule has 0 N–H and O–H groups in total. The lowest BCUT2D eigenvalue weighted by molar-refractivity contribution is 0.251. The Morgan fingerprint density at radius 2 is 1.70 bits per heavy atom. The van der Waals surface area contributed by atoms with Crippen molar-refractivity contribution in [1.29, 1.82) is 0 Å². The Bertz CT molecular complexity index is 562. The average Bonchev–Trinajstić information content (AvgIpc) is 2.49. The van der Waals surface area contributed by atoms with Crippen LogP contribution in [0.2, 0.25) is 0 Å². The van der Waals surface area contributed by atoms with E-state index in [1.807, 2.05) is 12.1 Å². The Kier molecular flexibility index (Phi) is 4.12. The second-order valence-corrected chi connectivity index (χ2v) is 5.52. The lowest BCUT2D eigenvalue weighted by Crippen LogP contribution is -2.31. The van der Waals surface area contributed by atoms with Gasteiger partial charge in [0.2, 0.25) is 0 Å². The zero-order valence-corrected chi connectivity index (χ0v) is 11.7. The van der Waals surface area contributed by atoms with E-state index in [2.05, 4.69) is 29.2 Å². The maximum atomic E-state index is 12.8. The number of hydrogen-bond acceptors (Lipinski definition) is 1. The van der Waals surface area contributed by atoms with Crippen LogP contribution >= 0.6 is 0 Å². The first-order valence-electron chi connectivity index (χ1n) is 7.35. The van der Waals surface area contributed by atoms with Crippen molar-refractivity contribution in [2.45, 2.75) is 25.8 Å². The Balaban J connectivity index is 1.49. The van der Waals surface area contributed by atoms with Gasteiger partial charge in [-0.25, -0.2) is 4.39 Å². The van der Waals surface area contributed by atoms with Crippen LogP contribution < -0.4 is 0 Å². The summed E-state index contributed by atoms with van der Waals surface area (Å²) in [6.07, 6.45) is 3.32. The number of benzene rings is 2. The van der Waals surface area contributed by atoms with Crippen molar-refractivity contribution in [3.8, 4) is 0 Å². The predicted octanol–water partition coefficient (Wildman–Crippen LogP) is 3.82. The molecule has 0 fully saturated rings. The summed E-state index contributed by atoms with van der Waals surface area (Å²) in [6.45, 7) is 3.34. The van der Waals surface area contributed by atoms with Gasteiger partial charge in [-0.1, -0.05) is 36.4 Å². The summed E-state index contributed by atoms with van der Waals surface area (Å²) in [7, 11) is 0. The van der Waals surface area contributed by atoms with Crippen LogP contribution in [-0.2, 0) is 19.4 Å². The molecule has 1 heterocycles. The van der Waals surface area contributed by atoms with Crippen LogP contribution in [-0.4, -0.2) is 18.0 Å². The first kappa shape index (κ1) is 13.3. The number of aryl methyl sites for hydroxylation is 1. The molecule has 2 heteroatoms. The molecule has 0 saturated heterocycles. The van der Waals surface area contributed by atoms with Crippen molar-refractivity contribution in [3.63, 3.8) is 0 Å². The smallest absolute Gasteiger partial charge is 0.123 e. The van der Waals surface area contributed by atoms with Gasteiger partial charge < -0.3 is 0 Å². The molecule has 2 aromatic carbocycles. The lowest BCUT2D eigenvalue weighted by atomic mass is 9.99. The van der Waals surface area contributed by atoms with Gasteiger partial charge in [-0.2, -0.15) is 0 Å². The van der Waals surface area contributed by atoms with Crippen molar-refractivity contribution in [3.05, 3.63) is 71.0 Å². The molecule has 0 bridgehead atoms. The van der Waals surface area contributed by atoms with Crippen molar-refractivity contribution in [2.24, 2.45) is 0 Å². The third-order valence-corrected chi connectivity index (χ3v) is 4.06. The highest BCUT2D eigenvalue weighted by atomic mass is 19.1. The van der Waals surface area contributed by atoms with Crippen LogP contribution in [0.5, 0.6) is 0 Å². The molecular weight excluding hydrogens is 249 g/mol. The molecular formula is C18H20FN. The van der Waals surface area contributed by atoms with Crippen LogP contribution in [0.1, 0.15) is 23.1 Å². The highest BCUT2D eigenvalue weighted by molar-refractivity contribution is 5.29. The summed E-state index contributed by atoms with van der Waals surface area (Å²) < 4.78 is 12.8. The van der Waals surface area contributed by atoms with Crippen molar-refractivity contribution < 1.29 is 4.39 Å². The van der Waals surface area contributed by atoms with E-state index in [4.69, 9.17) is 0 Å². The molecule has 0 radical (unpaired) electrons. The fourth-order valence-electron chi connectivity index (χ4n) is 2.90. The third-order valence-electron chi connectivity index (χ3n) is 4.06. The largest absolute Gasteiger partial charge is 0.299 e. The Morgan fingerprint density at radius 3 is 2.50 bits per heavy atom. The van der Waals surface area contributed by atoms with Crippen molar-refractivity contribution >= 4 is 0 Å². The van der Waals surface area contributed by atoms with E-state index < -0.39 is 0 Å². The topological polar surface area (TPSA) is 3.24 Å². The Hall–Kier alpha value is -1.67. The minimum absolute atomic E-state index is 0.151. The highest BCUT2D eigenvalue weighted by Crippen LogP contribution is 2.18. The van der Waals surface area contributed by atoms with Gasteiger partial charge in [0, 0.05) is 13.1 Å². The molecule has 0 saturated carbocycles. The second kappa shape index (κ2) is 6.19. The van der Waals surface area contributed by atoms with Gasteiger partial charge in [-0.3, -0.25) is 4.90 Å². The monoisotopic (exact) mass is 269 g/mol. The van der Waals surface area contributed by atoms with Crippen LogP contribution in [0, 0.1) is 5.82 Å². The first-order valence-corrected chi connectivity index (χ1v) is 7.35. The SMILES string of the molecule is Fc1ccc(CCCN2CCc3ccccc3C2)cc1. The minimum Gasteiger partial charge on any atom is -0.299 e. The molecule has 0 unspecified atom stereocenters. The number of fused-ring (bicyclic) bond motifs is 1. The molecule has 0 atom stereocenters. The van der Waals surface area contributed by atoms with E-state index in [0.717, 1.165) is 38.9 Å². The lowest BCUT2D eigenvalue weighted by Gasteiger charge is -2.28. The summed E-state index contributed by atoms with van der Waals surface area (Å²) in [5.41, 5.74) is 4.20. The Morgan fingerprint density at radius 1 is 0.950 bits per heavy atom. The molecule has 0 aromatic heterocycles. The quantitative estimate of drug-likeness (QED) is 0.815. The fraction of sp³-hybridized carbons (Fsp3) is 0.333. The molecule has 0 aliphatic carbocycles. The minimum atomic E-state index is -0.151. The van der Waals surface area contributed by atoms with Gasteiger partial charge in [0.15, 0.2) is 0 Å². The van der Waals surface area contributed by atoms with Crippen LogP contribution in [0.4, 0.5) is 4.39 Å². The first-order chi connectivity index (χ1) is 9.81. The van der Waals surface area contributed by atoms with E-state index in [0.29, 0.717) is 0 Å². The molecule has 2 aromatic rings. The molecule has 1 nitrogen and oxygen atoms in total. The zero-order valence-electron chi connectivity index (χ0n) is 11.7. The third kappa shape index (κ3) is 3.26. The molecule has 104 valence electrons. The standard InChI is InChI=1S/C18H20FN/c19-18-9-7-15(8-10-18)4-3-12-20-13-11-16-5-1-2-6-17(16)14-20/h1-2,5-10H,3-4,11-14H2. The highest BCUT2D eigenvalue weighted by Gasteiger charge is 2.14. The van der Waals surface area contributed by atoms with E-state index in [-0.39, 0.29) is 5.82 Å². The van der Waals surface area contributed by atoms with Gasteiger partial charge in [0.05, 0.1) is 0 Å². The molecule has 0 spiro atoms. The van der Waals surface area contributed by atoms with Crippen molar-refractivity contribution in [1.82, 2.24) is 4.90 Å². The predicted molar refractivity (Wildman–Crippen MR) is 80.1 cm³/mol. The molecule has 3 rings (SSSR count). The fourth-order valence-corrected chi connectivity index (χ4v) is 2.90. The van der Waals surface area contributed by atoms with Gasteiger partial charge in [0.25, 0.3) is 0 Å². The van der Waals surface area contributed by atoms with Crippen LogP contribution in [0.25, 0.3) is 0 Å². The van der Waals surface area contributed by atoms with Gasteiger partial charge in [-0.15, -0.1) is 0 Å². The summed E-state index contributed by atoms with van der Waals surface area (Å²) >= 11 is 0. The molecule has 20 heavy (non-hydrogen) atoms. The van der Waals surface area contributed by atoms with Gasteiger partial charge in [0.1, 0.15) is 5.82 Å². The molecule has 1 aliphatic rings. The number of hydrogen-bond donors (Lipinski definition) is 0. The van der Waals surface area contributed by atoms with E-state index in [1.165, 1.54) is 16.7 Å². The zero-order chi connectivity index (χ0) is 13.8. The maximum absolute atomic E-state index is 12.8. The van der Waals surface area contributed by atoms with E-state index in [1.54, 1.807) is 12.1 Å². The van der Waals surface area contributed by atoms with E-state index in [9.17, 15) is 4.39 Å². The number of rotatable bonds is 4. The molecule has 0 amide bonds. The summed E-state index contributed by atoms with van der Waals surface area (Å²) in [6, 6.07) is 15.6. The Labute approximate surface area is 120 Å². The normalized spacial score (nSPS) is 15.1. The summed E-state index contributed by atoms with van der Waals surface area (Å²) in [4.78, 5) is 2.52. The van der Waals surface area contributed by atoms with Crippen LogP contribution in [0.3, 0.4) is 0 Å². The number of nitrogens with zero attached hydrogens (tertiary/aromatic N) is 1. The summed E-state index contributed by atoms with van der Waals surface area (Å²) in [5, 5.41) is 0. The average molecular weight is 269 g/mol. The van der Waals surface area contributed by atoms with Crippen LogP contribution in [0.15, 0.2) is 48.5 Å². The molecule has 1 aliphatic heterocycles. The van der Waals surface area contributed by atoms with Gasteiger partial charge >= 0.3 is 0 Å².